The monoisotopic (exact) mass is 605 g/mol. The number of benzene rings is 3. The van der Waals surface area contributed by atoms with Gasteiger partial charge in [-0.2, -0.15) is 0 Å². The fourth-order valence-corrected chi connectivity index (χ4v) is 7.78. The van der Waals surface area contributed by atoms with E-state index in [4.69, 9.17) is 0 Å². The maximum Gasteiger partial charge on any atom is 0.253 e. The van der Waals surface area contributed by atoms with Crippen molar-refractivity contribution >= 4 is 52.3 Å². The zero-order valence-corrected chi connectivity index (χ0v) is 25.4. The fraction of sp³-hybridized carbons (Fsp3) is 0.343. The number of nitrogens with zero attached hydrogens (tertiary/aromatic N) is 3. The zero-order valence-electron chi connectivity index (χ0n) is 25.4. The minimum absolute atomic E-state index is 0.184. The van der Waals surface area contributed by atoms with E-state index in [1.807, 2.05) is 56.3 Å². The lowest BCUT2D eigenvalue weighted by Crippen LogP contribution is -2.56. The van der Waals surface area contributed by atoms with Crippen LogP contribution < -0.4 is 25.3 Å². The molecule has 0 bridgehead atoms. The number of amides is 5. The maximum atomic E-state index is 14.8. The van der Waals surface area contributed by atoms with Crippen LogP contribution in [0.4, 0.5) is 22.7 Å². The van der Waals surface area contributed by atoms with E-state index in [1.54, 1.807) is 35.2 Å². The molecule has 45 heavy (non-hydrogen) atoms. The first kappa shape index (κ1) is 28.9. The van der Waals surface area contributed by atoms with Crippen LogP contribution in [0.1, 0.15) is 38.3 Å². The van der Waals surface area contributed by atoms with Gasteiger partial charge in [-0.15, -0.1) is 0 Å². The SMILES string of the molecule is CC(=O)Nc1ccc(N2C(=O)[C@@H]3[C@@H](C2=O)[C@]2(N[C@@H]3CC(C)C)C(=O)N(CC(=O)N3CCc4ccccc43)c3ccccc32)cc1. The van der Waals surface area contributed by atoms with E-state index in [9.17, 15) is 24.0 Å². The average Bonchev–Trinajstić information content (AvgIpc) is 3.72. The number of carbonyl (C=O) groups excluding carboxylic acids is 5. The molecule has 0 aromatic heterocycles. The molecule has 10 nitrogen and oxygen atoms in total. The van der Waals surface area contributed by atoms with Crippen molar-refractivity contribution in [3.05, 3.63) is 83.9 Å². The topological polar surface area (TPSA) is 119 Å². The first-order valence-electron chi connectivity index (χ1n) is 15.4. The molecule has 3 aromatic rings. The summed E-state index contributed by atoms with van der Waals surface area (Å²) in [5.74, 6) is -3.23. The summed E-state index contributed by atoms with van der Waals surface area (Å²) in [6, 6.07) is 21.1. The van der Waals surface area contributed by atoms with Crippen molar-refractivity contribution in [2.45, 2.75) is 45.2 Å². The molecule has 7 rings (SSSR count). The summed E-state index contributed by atoms with van der Waals surface area (Å²) in [7, 11) is 0. The highest BCUT2D eigenvalue weighted by molar-refractivity contribution is 6.26. The Hall–Kier alpha value is -4.83. The Morgan fingerprint density at radius 3 is 2.33 bits per heavy atom. The van der Waals surface area contributed by atoms with E-state index < -0.39 is 35.2 Å². The van der Waals surface area contributed by atoms with Crippen molar-refractivity contribution < 1.29 is 24.0 Å². The Morgan fingerprint density at radius 1 is 0.933 bits per heavy atom. The van der Waals surface area contributed by atoms with Gasteiger partial charge in [-0.05, 0) is 60.7 Å². The molecular weight excluding hydrogens is 570 g/mol. The summed E-state index contributed by atoms with van der Waals surface area (Å²) in [5, 5.41) is 6.22. The van der Waals surface area contributed by atoms with Crippen LogP contribution in [0.2, 0.25) is 0 Å². The van der Waals surface area contributed by atoms with E-state index in [-0.39, 0.29) is 30.2 Å². The van der Waals surface area contributed by atoms with Crippen molar-refractivity contribution in [3.63, 3.8) is 0 Å². The number of anilines is 4. The van der Waals surface area contributed by atoms with Crippen LogP contribution in [0, 0.1) is 17.8 Å². The summed E-state index contributed by atoms with van der Waals surface area (Å²) in [6.45, 7) is 5.85. The number of hydrogen-bond donors (Lipinski definition) is 2. The third kappa shape index (κ3) is 4.38. The maximum absolute atomic E-state index is 14.8. The van der Waals surface area contributed by atoms with Crippen LogP contribution in [-0.2, 0) is 35.9 Å². The van der Waals surface area contributed by atoms with Crippen molar-refractivity contribution in [3.8, 4) is 0 Å². The first-order valence-corrected chi connectivity index (χ1v) is 15.4. The molecule has 4 heterocycles. The van der Waals surface area contributed by atoms with E-state index in [0.29, 0.717) is 35.6 Å². The van der Waals surface area contributed by atoms with Gasteiger partial charge in [0.2, 0.25) is 23.6 Å². The minimum Gasteiger partial charge on any atom is -0.326 e. The van der Waals surface area contributed by atoms with E-state index >= 15 is 0 Å². The quantitative estimate of drug-likeness (QED) is 0.415. The molecule has 4 aliphatic rings. The van der Waals surface area contributed by atoms with E-state index in [0.717, 1.165) is 17.7 Å². The molecular formula is C35H35N5O5. The van der Waals surface area contributed by atoms with Gasteiger partial charge in [-0.3, -0.25) is 29.3 Å². The normalized spacial score (nSPS) is 24.9. The van der Waals surface area contributed by atoms with Gasteiger partial charge < -0.3 is 15.1 Å². The molecule has 10 heteroatoms. The third-order valence-corrected chi connectivity index (χ3v) is 9.52. The number of para-hydroxylation sites is 2. The third-order valence-electron chi connectivity index (χ3n) is 9.52. The van der Waals surface area contributed by atoms with Crippen LogP contribution >= 0.6 is 0 Å². The van der Waals surface area contributed by atoms with Crippen molar-refractivity contribution in [1.82, 2.24) is 5.32 Å². The molecule has 4 aliphatic heterocycles. The lowest BCUT2D eigenvalue weighted by molar-refractivity contribution is -0.132. The second kappa shape index (κ2) is 10.7. The molecule has 230 valence electrons. The number of imide groups is 1. The smallest absolute Gasteiger partial charge is 0.253 e. The summed E-state index contributed by atoms with van der Waals surface area (Å²) >= 11 is 0. The summed E-state index contributed by atoms with van der Waals surface area (Å²) < 4.78 is 0. The highest BCUT2D eigenvalue weighted by Gasteiger charge is 2.71. The molecule has 0 saturated carbocycles. The van der Waals surface area contributed by atoms with Gasteiger partial charge in [0, 0.05) is 42.1 Å². The van der Waals surface area contributed by atoms with Gasteiger partial charge in [-0.25, -0.2) is 4.90 Å². The number of nitrogens with one attached hydrogen (secondary N) is 2. The van der Waals surface area contributed by atoms with Crippen LogP contribution in [-0.4, -0.2) is 48.7 Å². The molecule has 0 unspecified atom stereocenters. The molecule has 0 radical (unpaired) electrons. The Bertz CT molecular complexity index is 1750. The van der Waals surface area contributed by atoms with Crippen LogP contribution in [0.25, 0.3) is 0 Å². The van der Waals surface area contributed by atoms with Crippen LogP contribution in [0.15, 0.2) is 72.8 Å². The molecule has 2 fully saturated rings. The molecule has 1 spiro atoms. The van der Waals surface area contributed by atoms with Crippen molar-refractivity contribution in [2.24, 2.45) is 17.8 Å². The van der Waals surface area contributed by atoms with Gasteiger partial charge in [0.25, 0.3) is 5.91 Å². The molecule has 2 N–H and O–H groups in total. The molecule has 2 saturated heterocycles. The van der Waals surface area contributed by atoms with Crippen LogP contribution in [0.5, 0.6) is 0 Å². The second-order valence-electron chi connectivity index (χ2n) is 12.8. The number of hydrogen-bond acceptors (Lipinski definition) is 6. The average molecular weight is 606 g/mol. The standard InChI is InChI=1S/C35H35N5O5/c1-20(2)18-26-30-31(33(44)40(32(30)43)24-14-12-23(13-15-24)36-21(3)41)35(37-26)25-9-5-7-11-28(25)39(34(35)45)19-29(42)38-17-16-22-8-4-6-10-27(22)38/h4-15,20,26,30-31,37H,16-19H2,1-3H3,(H,36,41)/t26-,30+,31+,35+/m1/s1. The Kier molecular flexibility index (Phi) is 6.85. The van der Waals surface area contributed by atoms with Gasteiger partial charge >= 0.3 is 0 Å². The van der Waals surface area contributed by atoms with Crippen LogP contribution in [0.3, 0.4) is 0 Å². The Morgan fingerprint density at radius 2 is 1.62 bits per heavy atom. The lowest BCUT2D eigenvalue weighted by atomic mass is 9.76. The minimum atomic E-state index is -1.50. The fourth-order valence-electron chi connectivity index (χ4n) is 7.78. The second-order valence-corrected chi connectivity index (χ2v) is 12.8. The van der Waals surface area contributed by atoms with Gasteiger partial charge in [0.05, 0.1) is 17.5 Å². The Labute approximate surface area is 261 Å². The van der Waals surface area contributed by atoms with Gasteiger partial charge in [0.15, 0.2) is 0 Å². The lowest BCUT2D eigenvalue weighted by Gasteiger charge is -2.31. The van der Waals surface area contributed by atoms with Gasteiger partial charge in [0.1, 0.15) is 12.1 Å². The molecule has 4 atom stereocenters. The van der Waals surface area contributed by atoms with E-state index in [1.165, 1.54) is 16.7 Å². The molecule has 3 aromatic carbocycles. The largest absolute Gasteiger partial charge is 0.326 e. The predicted molar refractivity (Wildman–Crippen MR) is 170 cm³/mol. The summed E-state index contributed by atoms with van der Waals surface area (Å²) in [6.07, 6.45) is 1.33. The highest BCUT2D eigenvalue weighted by Crippen LogP contribution is 2.56. The number of fused-ring (bicyclic) bond motifs is 5. The number of carbonyl (C=O) groups is 5. The molecule has 5 amide bonds. The van der Waals surface area contributed by atoms with Crippen molar-refractivity contribution in [2.75, 3.05) is 33.1 Å². The Balaban J connectivity index is 1.27. The molecule has 0 aliphatic carbocycles. The van der Waals surface area contributed by atoms with Gasteiger partial charge in [-0.1, -0.05) is 50.2 Å². The highest BCUT2D eigenvalue weighted by atomic mass is 16.2. The summed E-state index contributed by atoms with van der Waals surface area (Å²) in [5.41, 5.74) is 2.54. The first-order chi connectivity index (χ1) is 21.6. The summed E-state index contributed by atoms with van der Waals surface area (Å²) in [4.78, 5) is 73.1. The zero-order chi connectivity index (χ0) is 31.6. The number of rotatable bonds is 6. The predicted octanol–water partition coefficient (Wildman–Crippen LogP) is 3.60. The van der Waals surface area contributed by atoms with E-state index in [2.05, 4.69) is 10.6 Å². The van der Waals surface area contributed by atoms with Crippen molar-refractivity contribution in [1.29, 1.82) is 0 Å².